The van der Waals surface area contributed by atoms with Gasteiger partial charge in [0.15, 0.2) is 28.6 Å². The molecule has 1 aliphatic rings. The van der Waals surface area contributed by atoms with Gasteiger partial charge in [-0.05, 0) is 36.8 Å². The van der Waals surface area contributed by atoms with Gasteiger partial charge in [-0.15, -0.1) is 16.8 Å². The molecule has 1 N–H and O–H groups in total. The van der Waals surface area contributed by atoms with Gasteiger partial charge in [0, 0.05) is 11.6 Å². The number of para-hydroxylation sites is 2. The first-order chi connectivity index (χ1) is 15.5. The van der Waals surface area contributed by atoms with Crippen molar-refractivity contribution in [2.24, 2.45) is 0 Å². The van der Waals surface area contributed by atoms with Crippen LogP contribution in [0.2, 0.25) is 5.02 Å². The van der Waals surface area contributed by atoms with Crippen LogP contribution < -0.4 is 14.8 Å². The summed E-state index contributed by atoms with van der Waals surface area (Å²) >= 11 is 7.36. The number of thioether (sulfide) groups is 1. The van der Waals surface area contributed by atoms with Crippen LogP contribution in [0.25, 0.3) is 0 Å². The normalized spacial score (nSPS) is 15.8. The first-order valence-electron chi connectivity index (χ1n) is 10.1. The maximum atomic E-state index is 12.5. The third kappa shape index (κ3) is 5.08. The van der Waals surface area contributed by atoms with Crippen molar-refractivity contribution >= 4 is 29.3 Å². The van der Waals surface area contributed by atoms with E-state index in [9.17, 15) is 4.79 Å². The van der Waals surface area contributed by atoms with Crippen molar-refractivity contribution in [3.05, 3.63) is 77.6 Å². The molecule has 1 amide bonds. The molecular weight excluding hydrogens is 448 g/mol. The van der Waals surface area contributed by atoms with Gasteiger partial charge in [0.25, 0.3) is 0 Å². The highest BCUT2D eigenvalue weighted by Gasteiger charge is 2.28. The predicted octanol–water partition coefficient (Wildman–Crippen LogP) is 4.60. The van der Waals surface area contributed by atoms with Gasteiger partial charge in [-0.3, -0.25) is 9.36 Å². The van der Waals surface area contributed by atoms with Gasteiger partial charge in [0.05, 0.1) is 11.8 Å². The zero-order chi connectivity index (χ0) is 22.5. The van der Waals surface area contributed by atoms with Crippen LogP contribution in [0.15, 0.2) is 66.3 Å². The molecule has 7 nitrogen and oxygen atoms in total. The lowest BCUT2D eigenvalue weighted by molar-refractivity contribution is -0.119. The van der Waals surface area contributed by atoms with Crippen LogP contribution in [0, 0.1) is 0 Å². The molecule has 0 spiro atoms. The van der Waals surface area contributed by atoms with Gasteiger partial charge in [0.1, 0.15) is 6.61 Å². The fourth-order valence-corrected chi connectivity index (χ4v) is 4.33. The van der Waals surface area contributed by atoms with E-state index < -0.39 is 6.10 Å². The number of ether oxygens (including phenoxy) is 2. The molecule has 0 fully saturated rings. The fourth-order valence-electron chi connectivity index (χ4n) is 3.36. The summed E-state index contributed by atoms with van der Waals surface area (Å²) < 4.78 is 13.8. The number of allylic oxidation sites excluding steroid dienone is 1. The number of fused-ring (bicyclic) bond motifs is 1. The van der Waals surface area contributed by atoms with Crippen LogP contribution in [-0.2, 0) is 11.3 Å². The molecule has 0 saturated carbocycles. The van der Waals surface area contributed by atoms with E-state index in [0.29, 0.717) is 40.7 Å². The molecule has 0 radical (unpaired) electrons. The van der Waals surface area contributed by atoms with Crippen molar-refractivity contribution in [3.63, 3.8) is 0 Å². The smallest absolute Gasteiger partial charge is 0.230 e. The molecule has 0 bridgehead atoms. The third-order valence-electron chi connectivity index (χ3n) is 4.91. The lowest BCUT2D eigenvalue weighted by Gasteiger charge is -2.26. The summed E-state index contributed by atoms with van der Waals surface area (Å²) in [7, 11) is 0. The van der Waals surface area contributed by atoms with Crippen molar-refractivity contribution in [2.45, 2.75) is 30.8 Å². The topological polar surface area (TPSA) is 78.3 Å². The minimum absolute atomic E-state index is 0.108. The molecule has 1 aromatic heterocycles. The SMILES string of the molecule is C=CCn1c(SCC(=O)N[C@H](C)c2cccc(Cl)c2)nnc1[C@@H]1COc2ccccc2O1. The molecule has 9 heteroatoms. The molecule has 32 heavy (non-hydrogen) atoms. The lowest BCUT2D eigenvalue weighted by atomic mass is 10.1. The van der Waals surface area contributed by atoms with E-state index in [4.69, 9.17) is 21.1 Å². The highest BCUT2D eigenvalue weighted by atomic mass is 35.5. The highest BCUT2D eigenvalue weighted by Crippen LogP contribution is 2.36. The largest absolute Gasteiger partial charge is 0.485 e. The summed E-state index contributed by atoms with van der Waals surface area (Å²) in [6.07, 6.45) is 1.36. The summed E-state index contributed by atoms with van der Waals surface area (Å²) in [5, 5.41) is 12.8. The Hall–Kier alpha value is -2.97. The molecule has 2 aromatic carbocycles. The second-order valence-electron chi connectivity index (χ2n) is 7.24. The second-order valence-corrected chi connectivity index (χ2v) is 8.62. The maximum Gasteiger partial charge on any atom is 0.230 e. The average Bonchev–Trinajstić information content (AvgIpc) is 3.20. The Morgan fingerprint density at radius 2 is 2.12 bits per heavy atom. The Morgan fingerprint density at radius 1 is 1.31 bits per heavy atom. The molecule has 0 saturated heterocycles. The molecular formula is C23H23ClN4O3S. The molecule has 2 atom stereocenters. The maximum absolute atomic E-state index is 12.5. The highest BCUT2D eigenvalue weighted by molar-refractivity contribution is 7.99. The Bertz CT molecular complexity index is 1120. The van der Waals surface area contributed by atoms with Gasteiger partial charge >= 0.3 is 0 Å². The number of rotatable bonds is 8. The standard InChI is InChI=1S/C23H23ClN4O3S/c1-3-11-28-22(20-13-30-18-9-4-5-10-19(18)31-20)26-27-23(28)32-14-21(29)25-15(2)16-7-6-8-17(24)12-16/h3-10,12,15,20H,1,11,13-14H2,2H3,(H,25,29)/t15-,20+/m1/s1. The Morgan fingerprint density at radius 3 is 2.91 bits per heavy atom. The number of benzene rings is 2. The minimum Gasteiger partial charge on any atom is -0.485 e. The minimum atomic E-state index is -0.400. The zero-order valence-electron chi connectivity index (χ0n) is 17.5. The fraction of sp³-hybridized carbons (Fsp3) is 0.261. The lowest BCUT2D eigenvalue weighted by Crippen LogP contribution is -2.28. The van der Waals surface area contributed by atoms with E-state index in [-0.39, 0.29) is 17.7 Å². The molecule has 2 heterocycles. The molecule has 3 aromatic rings. The second kappa shape index (κ2) is 10.1. The number of hydrogen-bond donors (Lipinski definition) is 1. The quantitative estimate of drug-likeness (QED) is 0.383. The number of halogens is 1. The summed E-state index contributed by atoms with van der Waals surface area (Å²) in [6.45, 7) is 6.57. The van der Waals surface area contributed by atoms with Gasteiger partial charge < -0.3 is 14.8 Å². The number of carbonyl (C=O) groups is 1. The van der Waals surface area contributed by atoms with Crippen LogP contribution in [0.3, 0.4) is 0 Å². The van der Waals surface area contributed by atoms with Crippen molar-refractivity contribution in [3.8, 4) is 11.5 Å². The molecule has 166 valence electrons. The van der Waals surface area contributed by atoms with Gasteiger partial charge in [-0.25, -0.2) is 0 Å². The Labute approximate surface area is 195 Å². The summed E-state index contributed by atoms with van der Waals surface area (Å²) in [5.41, 5.74) is 0.947. The van der Waals surface area contributed by atoms with E-state index in [1.165, 1.54) is 11.8 Å². The summed E-state index contributed by atoms with van der Waals surface area (Å²) in [4.78, 5) is 12.5. The third-order valence-corrected chi connectivity index (χ3v) is 6.11. The number of hydrogen-bond acceptors (Lipinski definition) is 6. The van der Waals surface area contributed by atoms with Crippen molar-refractivity contribution in [1.82, 2.24) is 20.1 Å². The van der Waals surface area contributed by atoms with Crippen LogP contribution in [-0.4, -0.2) is 33.0 Å². The number of nitrogens with one attached hydrogen (secondary N) is 1. The first-order valence-corrected chi connectivity index (χ1v) is 11.5. The van der Waals surface area contributed by atoms with Gasteiger partial charge in [-0.1, -0.05) is 53.7 Å². The summed E-state index contributed by atoms with van der Waals surface area (Å²) in [5.74, 6) is 2.10. The Balaban J connectivity index is 1.41. The average molecular weight is 471 g/mol. The Kier molecular flexibility index (Phi) is 7.02. The van der Waals surface area contributed by atoms with Crippen LogP contribution in [0.1, 0.15) is 30.5 Å². The van der Waals surface area contributed by atoms with Crippen LogP contribution >= 0.6 is 23.4 Å². The summed E-state index contributed by atoms with van der Waals surface area (Å²) in [6, 6.07) is 14.8. The van der Waals surface area contributed by atoms with Crippen molar-refractivity contribution < 1.29 is 14.3 Å². The molecule has 0 unspecified atom stereocenters. The van der Waals surface area contributed by atoms with E-state index in [0.717, 1.165) is 5.56 Å². The number of nitrogens with zero attached hydrogens (tertiary/aromatic N) is 3. The number of amides is 1. The van der Waals surface area contributed by atoms with E-state index >= 15 is 0 Å². The van der Waals surface area contributed by atoms with E-state index in [2.05, 4.69) is 22.1 Å². The first kappa shape index (κ1) is 22.2. The number of aromatic nitrogens is 3. The van der Waals surface area contributed by atoms with Crippen LogP contribution in [0.5, 0.6) is 11.5 Å². The predicted molar refractivity (Wildman–Crippen MR) is 124 cm³/mol. The van der Waals surface area contributed by atoms with E-state index in [1.807, 2.05) is 54.0 Å². The molecule has 1 aliphatic heterocycles. The van der Waals surface area contributed by atoms with Gasteiger partial charge in [0.2, 0.25) is 5.91 Å². The van der Waals surface area contributed by atoms with Crippen molar-refractivity contribution in [1.29, 1.82) is 0 Å². The zero-order valence-corrected chi connectivity index (χ0v) is 19.1. The van der Waals surface area contributed by atoms with Crippen molar-refractivity contribution in [2.75, 3.05) is 12.4 Å². The number of carbonyl (C=O) groups excluding carboxylic acids is 1. The molecule has 0 aliphatic carbocycles. The van der Waals surface area contributed by atoms with Gasteiger partial charge in [-0.2, -0.15) is 0 Å². The van der Waals surface area contributed by atoms with Crippen LogP contribution in [0.4, 0.5) is 0 Å². The monoisotopic (exact) mass is 470 g/mol. The van der Waals surface area contributed by atoms with E-state index in [1.54, 1.807) is 12.1 Å². The molecule has 4 rings (SSSR count).